The van der Waals surface area contributed by atoms with E-state index >= 15 is 0 Å². The summed E-state index contributed by atoms with van der Waals surface area (Å²) in [7, 11) is 0. The van der Waals surface area contributed by atoms with Gasteiger partial charge in [0.05, 0.1) is 23.3 Å². The molecule has 3 fully saturated rings. The van der Waals surface area contributed by atoms with Gasteiger partial charge in [0.1, 0.15) is 5.69 Å². The largest absolute Gasteiger partial charge is 0.319 e. The van der Waals surface area contributed by atoms with Gasteiger partial charge in [-0.1, -0.05) is 6.92 Å². The molecule has 7 nitrogen and oxygen atoms in total. The summed E-state index contributed by atoms with van der Waals surface area (Å²) in [5, 5.41) is 6.21. The van der Waals surface area contributed by atoms with E-state index in [1.165, 1.54) is 12.3 Å². The van der Waals surface area contributed by atoms with Crippen LogP contribution in [0.2, 0.25) is 0 Å². The lowest BCUT2D eigenvalue weighted by atomic mass is 9.52. The van der Waals surface area contributed by atoms with Crippen LogP contribution in [-0.2, 0) is 5.41 Å². The second-order valence-corrected chi connectivity index (χ2v) is 7.89. The molecule has 3 atom stereocenters. The Balaban J connectivity index is 1.36. The van der Waals surface area contributed by atoms with Crippen LogP contribution in [0.3, 0.4) is 0 Å². The van der Waals surface area contributed by atoms with Gasteiger partial charge in [0.2, 0.25) is 0 Å². The molecule has 1 aliphatic carbocycles. The number of aromatic nitrogens is 4. The lowest BCUT2D eigenvalue weighted by molar-refractivity contribution is 0.0241. The molecule has 0 radical (unpaired) electrons. The number of nitrogens with one attached hydrogen (secondary N) is 2. The van der Waals surface area contributed by atoms with E-state index < -0.39 is 11.7 Å². The van der Waals surface area contributed by atoms with Gasteiger partial charge < -0.3 is 15.0 Å². The molecule has 28 heavy (non-hydrogen) atoms. The van der Waals surface area contributed by atoms with Crippen molar-refractivity contribution >= 4 is 17.2 Å². The molecular weight excluding hydrogens is 359 g/mol. The average molecular weight is 380 g/mol. The highest BCUT2D eigenvalue weighted by Gasteiger charge is 2.55. The van der Waals surface area contributed by atoms with Crippen LogP contribution in [-0.4, -0.2) is 37.8 Å². The van der Waals surface area contributed by atoms with Crippen molar-refractivity contribution < 1.29 is 9.18 Å². The number of anilines is 1. The van der Waals surface area contributed by atoms with E-state index in [1.807, 2.05) is 0 Å². The Morgan fingerprint density at radius 1 is 1.36 bits per heavy atom. The van der Waals surface area contributed by atoms with Gasteiger partial charge in [-0.15, -0.1) is 0 Å². The molecule has 8 heteroatoms. The number of halogens is 1. The Bertz CT molecular complexity index is 1070. The van der Waals surface area contributed by atoms with Crippen LogP contribution >= 0.6 is 0 Å². The number of fused-ring (bicyclic) bond motifs is 3. The van der Waals surface area contributed by atoms with E-state index in [0.29, 0.717) is 23.3 Å². The van der Waals surface area contributed by atoms with E-state index in [4.69, 9.17) is 0 Å². The third kappa shape index (κ3) is 2.51. The van der Waals surface area contributed by atoms with Crippen molar-refractivity contribution in [1.82, 2.24) is 24.7 Å². The van der Waals surface area contributed by atoms with Crippen LogP contribution in [0.1, 0.15) is 41.6 Å². The number of nitrogens with zero attached hydrogens (tertiary/aromatic N) is 4. The number of aryl methyl sites for hydroxylation is 1. The molecule has 3 aromatic heterocycles. The molecule has 144 valence electrons. The second-order valence-electron chi connectivity index (χ2n) is 7.89. The molecule has 1 saturated carbocycles. The van der Waals surface area contributed by atoms with E-state index in [0.717, 1.165) is 25.1 Å². The number of piperidine rings is 2. The first kappa shape index (κ1) is 17.2. The third-order valence-corrected chi connectivity index (χ3v) is 6.32. The van der Waals surface area contributed by atoms with E-state index in [1.54, 1.807) is 29.9 Å². The van der Waals surface area contributed by atoms with Crippen LogP contribution in [0.4, 0.5) is 10.1 Å². The first-order valence-corrected chi connectivity index (χ1v) is 9.48. The fourth-order valence-corrected chi connectivity index (χ4v) is 4.65. The van der Waals surface area contributed by atoms with Crippen molar-refractivity contribution in [3.63, 3.8) is 0 Å². The topological polar surface area (TPSA) is 84.2 Å². The Kier molecular flexibility index (Phi) is 3.74. The molecule has 2 N–H and O–H groups in total. The van der Waals surface area contributed by atoms with Crippen molar-refractivity contribution in [2.45, 2.75) is 38.1 Å². The summed E-state index contributed by atoms with van der Waals surface area (Å²) >= 11 is 0. The zero-order valence-corrected chi connectivity index (χ0v) is 15.7. The Morgan fingerprint density at radius 2 is 2.21 bits per heavy atom. The van der Waals surface area contributed by atoms with Gasteiger partial charge in [-0.05, 0) is 32.2 Å². The van der Waals surface area contributed by atoms with Gasteiger partial charge in [-0.3, -0.25) is 9.78 Å². The molecular formula is C20H21FN6O. The number of hydrogen-bond donors (Lipinski definition) is 2. The molecule has 2 aliphatic heterocycles. The molecule has 3 aromatic rings. The maximum absolute atomic E-state index is 14.2. The Labute approximate surface area is 161 Å². The fourth-order valence-electron chi connectivity index (χ4n) is 4.65. The van der Waals surface area contributed by atoms with Crippen LogP contribution in [0.15, 0.2) is 30.9 Å². The van der Waals surface area contributed by atoms with Crippen molar-refractivity contribution in [2.75, 3.05) is 11.9 Å². The molecule has 3 aliphatic rings. The fraction of sp³-hybridized carbons (Fsp3) is 0.400. The average Bonchev–Trinajstić information content (AvgIpc) is 3.08. The first-order valence-electron chi connectivity index (χ1n) is 9.48. The zero-order valence-electron chi connectivity index (χ0n) is 15.7. The lowest BCUT2D eigenvalue weighted by Crippen LogP contribution is -2.65. The number of carbonyl (C=O) groups is 1. The molecule has 0 aromatic carbocycles. The van der Waals surface area contributed by atoms with Crippen molar-refractivity contribution in [1.29, 1.82) is 0 Å². The lowest BCUT2D eigenvalue weighted by Gasteiger charge is -2.58. The first-order chi connectivity index (χ1) is 13.5. The van der Waals surface area contributed by atoms with Gasteiger partial charge in [-0.25, -0.2) is 14.4 Å². The molecule has 2 bridgehead atoms. The zero-order chi connectivity index (χ0) is 19.5. The summed E-state index contributed by atoms with van der Waals surface area (Å²) in [6.45, 7) is 5.01. The smallest absolute Gasteiger partial charge is 0.275 e. The van der Waals surface area contributed by atoms with E-state index in [-0.39, 0.29) is 16.8 Å². The maximum Gasteiger partial charge on any atom is 0.275 e. The summed E-state index contributed by atoms with van der Waals surface area (Å²) in [6, 6.07) is 1.81. The second kappa shape index (κ2) is 6.07. The minimum Gasteiger partial charge on any atom is -0.319 e. The number of imidazole rings is 1. The van der Waals surface area contributed by atoms with Crippen LogP contribution in [0.25, 0.3) is 5.65 Å². The molecule has 2 saturated heterocycles. The quantitative estimate of drug-likeness (QED) is 0.729. The molecule has 1 amide bonds. The highest BCUT2D eigenvalue weighted by molar-refractivity contribution is 6.02. The minimum atomic E-state index is -0.495. The highest BCUT2D eigenvalue weighted by atomic mass is 19.1. The van der Waals surface area contributed by atoms with Crippen LogP contribution < -0.4 is 10.6 Å². The molecule has 0 spiro atoms. The van der Waals surface area contributed by atoms with Crippen molar-refractivity contribution in [3.05, 3.63) is 53.8 Å². The number of rotatable bonds is 3. The van der Waals surface area contributed by atoms with E-state index in [9.17, 15) is 9.18 Å². The molecule has 1 unspecified atom stereocenters. The van der Waals surface area contributed by atoms with Crippen molar-refractivity contribution in [3.8, 4) is 0 Å². The molecule has 5 heterocycles. The summed E-state index contributed by atoms with van der Waals surface area (Å²) in [5.74, 6) is -0.397. The van der Waals surface area contributed by atoms with Crippen LogP contribution in [0, 0.1) is 18.7 Å². The summed E-state index contributed by atoms with van der Waals surface area (Å²) in [4.78, 5) is 25.5. The van der Waals surface area contributed by atoms with Gasteiger partial charge in [0.25, 0.3) is 5.91 Å². The Hall–Kier alpha value is -2.87. The summed E-state index contributed by atoms with van der Waals surface area (Å²) in [5.41, 5.74) is 2.51. The minimum absolute atomic E-state index is 0.0748. The predicted molar refractivity (Wildman–Crippen MR) is 102 cm³/mol. The highest BCUT2D eigenvalue weighted by Crippen LogP contribution is 2.52. The SMILES string of the molecule is Cc1cn2cc(NC(=O)c3cnc([C@@]45CCNC(C4)[C@@H]5C)cn3)cc(F)c2n1. The number of pyridine rings is 1. The predicted octanol–water partition coefficient (Wildman–Crippen LogP) is 2.46. The van der Waals surface area contributed by atoms with Crippen LogP contribution in [0.5, 0.6) is 0 Å². The molecule has 6 rings (SSSR count). The maximum atomic E-state index is 14.2. The number of amides is 1. The van der Waals surface area contributed by atoms with Gasteiger partial charge >= 0.3 is 0 Å². The third-order valence-electron chi connectivity index (χ3n) is 6.32. The van der Waals surface area contributed by atoms with Gasteiger partial charge in [0.15, 0.2) is 11.5 Å². The normalized spacial score (nSPS) is 26.1. The van der Waals surface area contributed by atoms with Gasteiger partial charge in [0, 0.05) is 36.1 Å². The number of carbonyl (C=O) groups excluding carboxylic acids is 1. The standard InChI is InChI=1S/C20H21FN6O/c1-11-9-27-10-13(5-14(21)18(27)25-11)26-19(28)16-7-24-17(8-23-16)20-3-4-22-15(6-20)12(20)2/h5,7-10,12,15,22H,3-4,6H2,1-2H3,(H,26,28)/t12-,15?,20-/m0/s1. The monoisotopic (exact) mass is 380 g/mol. The Morgan fingerprint density at radius 3 is 2.93 bits per heavy atom. The van der Waals surface area contributed by atoms with Crippen molar-refractivity contribution in [2.24, 2.45) is 5.92 Å². The van der Waals surface area contributed by atoms with Gasteiger partial charge in [-0.2, -0.15) is 0 Å². The van der Waals surface area contributed by atoms with E-state index in [2.05, 4.69) is 32.5 Å². The number of hydrogen-bond acceptors (Lipinski definition) is 5. The summed E-state index contributed by atoms with van der Waals surface area (Å²) < 4.78 is 15.7. The summed E-state index contributed by atoms with van der Waals surface area (Å²) in [6.07, 6.45) is 8.66.